The second-order valence-corrected chi connectivity index (χ2v) is 12.7. The van der Waals surface area contributed by atoms with E-state index >= 15 is 0 Å². The summed E-state index contributed by atoms with van der Waals surface area (Å²) in [6.07, 6.45) is 18.7. The first-order valence-corrected chi connectivity index (χ1v) is 16.9. The quantitative estimate of drug-likeness (QED) is 0.177. The van der Waals surface area contributed by atoms with Crippen LogP contribution in [-0.2, 0) is 4.43 Å². The van der Waals surface area contributed by atoms with Crippen LogP contribution in [0.3, 0.4) is 0 Å². The summed E-state index contributed by atoms with van der Waals surface area (Å²) in [5.41, 5.74) is 15.6. The fourth-order valence-electron chi connectivity index (χ4n) is 5.84. The number of hydrogen-bond donors (Lipinski definition) is 0. The van der Waals surface area contributed by atoms with Gasteiger partial charge in [0.05, 0.1) is 0 Å². The monoisotopic (exact) mass is 606 g/mol. The van der Waals surface area contributed by atoms with Gasteiger partial charge < -0.3 is 4.43 Å². The van der Waals surface area contributed by atoms with Gasteiger partial charge in [0.25, 0.3) is 9.76 Å². The molecule has 1 nitrogen and oxygen atoms in total. The molecule has 0 saturated carbocycles. The molecule has 5 aromatic rings. The highest BCUT2D eigenvalue weighted by Gasteiger charge is 2.28. The van der Waals surface area contributed by atoms with Gasteiger partial charge in [-0.25, -0.2) is 0 Å². The van der Waals surface area contributed by atoms with Crippen molar-refractivity contribution in [3.63, 3.8) is 0 Å². The normalized spacial score (nSPS) is 13.5. The van der Waals surface area contributed by atoms with Gasteiger partial charge in [-0.3, -0.25) is 0 Å². The molecule has 0 fully saturated rings. The van der Waals surface area contributed by atoms with Crippen molar-refractivity contribution >= 4 is 74.9 Å². The highest BCUT2D eigenvalue weighted by Crippen LogP contribution is 2.44. The van der Waals surface area contributed by atoms with E-state index in [9.17, 15) is 0 Å². The van der Waals surface area contributed by atoms with Gasteiger partial charge in [-0.15, -0.1) is 0 Å². The van der Waals surface area contributed by atoms with E-state index in [1.54, 1.807) is 0 Å². The van der Waals surface area contributed by atoms with Crippen LogP contribution in [0.4, 0.5) is 0 Å². The highest BCUT2D eigenvalue weighted by molar-refractivity contribution is 6.60. The number of fused-ring (bicyclic) bond motifs is 5. The summed E-state index contributed by atoms with van der Waals surface area (Å²) in [6.45, 7) is 7.82. The standard InChI is InChI=1S/C20H16OSi.3C8H6/c1-3-13-9-7-11-17-19(13)15(4-2)20(17)21-22-18-12-14-8-5-6-10-16(14)18;3*1-2-4-8-6-5-7(8)3-1/h3-12H,1-2,22H2;3*1-6H. The smallest absolute Gasteiger partial charge is 0.252 e. The molecule has 10 rings (SSSR count). The SMILES string of the molecule is C1=Cc2ccccc21.C1=Cc2ccccc21.C1=Cc2ccccc21.C=CC1=C(O[SiH2]C2=Cc3ccccc32)c2cccc(C=C)c21. The Morgan fingerprint density at radius 1 is 0.457 bits per heavy atom. The van der Waals surface area contributed by atoms with Gasteiger partial charge in [-0.1, -0.05) is 183 Å². The Hall–Kier alpha value is -5.70. The van der Waals surface area contributed by atoms with E-state index < -0.39 is 9.76 Å². The third-order valence-corrected chi connectivity index (χ3v) is 9.93. The molecule has 0 amide bonds. The maximum Gasteiger partial charge on any atom is 0.252 e. The first-order valence-electron chi connectivity index (χ1n) is 15.6. The summed E-state index contributed by atoms with van der Waals surface area (Å²) in [6, 6.07) is 39.8. The molecule has 220 valence electrons. The van der Waals surface area contributed by atoms with Gasteiger partial charge in [0.1, 0.15) is 5.76 Å². The molecule has 5 aliphatic carbocycles. The van der Waals surface area contributed by atoms with Crippen LogP contribution in [-0.4, -0.2) is 9.76 Å². The van der Waals surface area contributed by atoms with Gasteiger partial charge in [-0.05, 0) is 55.3 Å². The van der Waals surface area contributed by atoms with Crippen molar-refractivity contribution in [3.8, 4) is 0 Å². The van der Waals surface area contributed by atoms with Crippen molar-refractivity contribution in [3.05, 3.63) is 196 Å². The summed E-state index contributed by atoms with van der Waals surface area (Å²) >= 11 is 0. The van der Waals surface area contributed by atoms with Gasteiger partial charge >= 0.3 is 0 Å². The molecule has 5 aromatic carbocycles. The lowest BCUT2D eigenvalue weighted by Gasteiger charge is -2.29. The van der Waals surface area contributed by atoms with E-state index in [-0.39, 0.29) is 0 Å². The summed E-state index contributed by atoms with van der Waals surface area (Å²) in [4.78, 5) is 0. The Kier molecular flexibility index (Phi) is 8.28. The number of allylic oxidation sites excluding steroid dienone is 2. The molecule has 0 spiro atoms. The van der Waals surface area contributed by atoms with Gasteiger partial charge in [-0.2, -0.15) is 0 Å². The Balaban J connectivity index is 0.000000114. The van der Waals surface area contributed by atoms with Crippen LogP contribution in [0.5, 0.6) is 0 Å². The van der Waals surface area contributed by atoms with Crippen molar-refractivity contribution in [2.24, 2.45) is 0 Å². The summed E-state index contributed by atoms with van der Waals surface area (Å²) < 4.78 is 6.21. The maximum absolute atomic E-state index is 6.21. The minimum Gasteiger partial charge on any atom is -0.544 e. The third kappa shape index (κ3) is 5.74. The van der Waals surface area contributed by atoms with E-state index in [4.69, 9.17) is 4.43 Å². The van der Waals surface area contributed by atoms with Crippen LogP contribution in [0.1, 0.15) is 61.2 Å². The second kappa shape index (κ2) is 13.1. The van der Waals surface area contributed by atoms with E-state index in [2.05, 4.69) is 171 Å². The minimum atomic E-state index is -0.763. The minimum absolute atomic E-state index is 0.763. The maximum atomic E-state index is 6.21. The molecule has 46 heavy (non-hydrogen) atoms. The molecule has 0 heterocycles. The van der Waals surface area contributed by atoms with Crippen molar-refractivity contribution in [2.45, 2.75) is 0 Å². The Bertz CT molecular complexity index is 1930. The van der Waals surface area contributed by atoms with Crippen molar-refractivity contribution in [1.82, 2.24) is 0 Å². The topological polar surface area (TPSA) is 9.23 Å². The lowest BCUT2D eigenvalue weighted by Crippen LogP contribution is -2.15. The van der Waals surface area contributed by atoms with Crippen LogP contribution in [0.15, 0.2) is 134 Å². The van der Waals surface area contributed by atoms with Gasteiger partial charge in [0, 0.05) is 16.7 Å². The first-order chi connectivity index (χ1) is 22.7. The molecular formula is C44H34OSi. The molecule has 0 radical (unpaired) electrons. The van der Waals surface area contributed by atoms with Crippen molar-refractivity contribution in [2.75, 3.05) is 0 Å². The molecule has 0 saturated heterocycles. The van der Waals surface area contributed by atoms with Crippen molar-refractivity contribution < 1.29 is 4.43 Å². The largest absolute Gasteiger partial charge is 0.544 e. The summed E-state index contributed by atoms with van der Waals surface area (Å²) in [7, 11) is -0.763. The van der Waals surface area contributed by atoms with E-state index in [1.165, 1.54) is 60.8 Å². The average Bonchev–Trinajstić information content (AvgIpc) is 3.03. The van der Waals surface area contributed by atoms with E-state index in [0.29, 0.717) is 0 Å². The zero-order valence-corrected chi connectivity index (χ0v) is 27.1. The molecule has 0 atom stereocenters. The molecule has 5 aliphatic rings. The summed E-state index contributed by atoms with van der Waals surface area (Å²) in [5, 5.41) is 1.39. The van der Waals surface area contributed by atoms with Crippen LogP contribution in [0.2, 0.25) is 0 Å². The first kappa shape index (κ1) is 29.0. The predicted molar refractivity (Wildman–Crippen MR) is 204 cm³/mol. The zero-order valence-electron chi connectivity index (χ0n) is 25.7. The van der Waals surface area contributed by atoms with E-state index in [1.807, 2.05) is 12.2 Å². The molecule has 2 heteroatoms. The summed E-state index contributed by atoms with van der Waals surface area (Å²) in [5.74, 6) is 1.01. The zero-order chi connectivity index (χ0) is 31.3. The lowest BCUT2D eigenvalue weighted by molar-refractivity contribution is 0.558. The molecular weight excluding hydrogens is 573 g/mol. The van der Waals surface area contributed by atoms with Crippen LogP contribution in [0, 0.1) is 0 Å². The fourth-order valence-corrected chi connectivity index (χ4v) is 7.23. The molecule has 0 aromatic heterocycles. The number of rotatable bonds is 5. The van der Waals surface area contributed by atoms with Gasteiger partial charge in [0.2, 0.25) is 0 Å². The van der Waals surface area contributed by atoms with Crippen molar-refractivity contribution in [1.29, 1.82) is 0 Å². The van der Waals surface area contributed by atoms with Crippen LogP contribution >= 0.6 is 0 Å². The van der Waals surface area contributed by atoms with Crippen LogP contribution < -0.4 is 0 Å². The molecule has 0 N–H and O–H groups in total. The average molecular weight is 607 g/mol. The molecule has 0 unspecified atom stereocenters. The molecule has 0 aliphatic heterocycles. The Morgan fingerprint density at radius 3 is 1.28 bits per heavy atom. The van der Waals surface area contributed by atoms with Crippen LogP contribution in [0.25, 0.3) is 65.1 Å². The third-order valence-electron chi connectivity index (χ3n) is 8.60. The second-order valence-electron chi connectivity index (χ2n) is 11.4. The van der Waals surface area contributed by atoms with Gasteiger partial charge in [0.15, 0.2) is 0 Å². The fraction of sp³-hybridized carbons (Fsp3) is 0. The highest BCUT2D eigenvalue weighted by atomic mass is 28.2. The van der Waals surface area contributed by atoms with E-state index in [0.717, 1.165) is 16.9 Å². The molecule has 0 bridgehead atoms. The Morgan fingerprint density at radius 2 is 0.891 bits per heavy atom. The Labute approximate surface area is 274 Å². The number of hydrogen-bond acceptors (Lipinski definition) is 1. The lowest BCUT2D eigenvalue weighted by atomic mass is 9.83. The predicted octanol–water partition coefficient (Wildman–Crippen LogP) is 10.8. The number of benzene rings is 5.